The molecule has 0 saturated carbocycles. The van der Waals surface area contributed by atoms with Crippen LogP contribution in [0.15, 0.2) is 6.20 Å². The van der Waals surface area contributed by atoms with Crippen molar-refractivity contribution in [3.8, 4) is 0 Å². The second-order valence-corrected chi connectivity index (χ2v) is 3.06. The molecule has 1 heterocycles. The molecule has 0 aliphatic rings. The van der Waals surface area contributed by atoms with Crippen molar-refractivity contribution >= 4 is 0 Å². The van der Waals surface area contributed by atoms with Crippen LogP contribution < -0.4 is 11.5 Å². The minimum absolute atomic E-state index is 0.00614. The van der Waals surface area contributed by atoms with E-state index in [9.17, 15) is 0 Å². The maximum atomic E-state index is 5.80. The van der Waals surface area contributed by atoms with Gasteiger partial charge in [-0.15, -0.1) is 5.10 Å². The molecule has 0 fully saturated rings. The molecule has 1 atom stereocenters. The van der Waals surface area contributed by atoms with Crippen LogP contribution in [0.3, 0.4) is 0 Å². The summed E-state index contributed by atoms with van der Waals surface area (Å²) < 4.78 is 1.79. The highest BCUT2D eigenvalue weighted by Gasteiger charge is 2.07. The van der Waals surface area contributed by atoms with E-state index < -0.39 is 0 Å². The lowest BCUT2D eigenvalue weighted by atomic mass is 10.2. The van der Waals surface area contributed by atoms with Gasteiger partial charge < -0.3 is 11.5 Å². The van der Waals surface area contributed by atoms with Gasteiger partial charge >= 0.3 is 0 Å². The predicted molar refractivity (Wildman–Crippen MR) is 50.9 cm³/mol. The normalized spacial score (nSPS) is 13.2. The highest BCUT2D eigenvalue weighted by atomic mass is 15.4. The topological polar surface area (TPSA) is 82.8 Å². The summed E-state index contributed by atoms with van der Waals surface area (Å²) in [5, 5.41) is 7.94. The first kappa shape index (κ1) is 10.1. The molecule has 74 valence electrons. The summed E-state index contributed by atoms with van der Waals surface area (Å²) in [5.74, 6) is 0. The Kier molecular flexibility index (Phi) is 3.85. The molecule has 1 aromatic rings. The fraction of sp³-hybridized carbons (Fsp3) is 0.750. The molecule has 0 saturated heterocycles. The van der Waals surface area contributed by atoms with Gasteiger partial charge in [-0.2, -0.15) is 0 Å². The molecule has 0 radical (unpaired) electrons. The van der Waals surface area contributed by atoms with Gasteiger partial charge in [0.15, 0.2) is 0 Å². The van der Waals surface area contributed by atoms with Crippen LogP contribution in [0, 0.1) is 0 Å². The zero-order valence-corrected chi connectivity index (χ0v) is 7.98. The summed E-state index contributed by atoms with van der Waals surface area (Å²) >= 11 is 0. The maximum absolute atomic E-state index is 5.80. The van der Waals surface area contributed by atoms with E-state index in [1.54, 1.807) is 4.68 Å². The molecule has 0 aromatic carbocycles. The minimum atomic E-state index is 0.00614. The van der Waals surface area contributed by atoms with Crippen LogP contribution in [-0.2, 0) is 6.54 Å². The molecule has 4 N–H and O–H groups in total. The smallest absolute Gasteiger partial charge is 0.0993 e. The maximum Gasteiger partial charge on any atom is 0.0993 e. The SMILES string of the molecule is CCC(N)c1cn(CCCN)nn1. The van der Waals surface area contributed by atoms with Crippen molar-refractivity contribution in [1.82, 2.24) is 15.0 Å². The standard InChI is InChI=1S/C8H17N5/c1-2-7(10)8-6-13(12-11-8)5-3-4-9/h6-7H,2-5,9-10H2,1H3. The average Bonchev–Trinajstić information content (AvgIpc) is 2.62. The molecule has 1 aromatic heterocycles. The van der Waals surface area contributed by atoms with Crippen LogP contribution in [0.5, 0.6) is 0 Å². The molecule has 1 rings (SSSR count). The van der Waals surface area contributed by atoms with Crippen molar-refractivity contribution in [2.45, 2.75) is 32.4 Å². The average molecular weight is 183 g/mol. The van der Waals surface area contributed by atoms with Gasteiger partial charge in [-0.25, -0.2) is 0 Å². The minimum Gasteiger partial charge on any atom is -0.330 e. The van der Waals surface area contributed by atoms with Crippen LogP contribution in [0.4, 0.5) is 0 Å². The zero-order valence-electron chi connectivity index (χ0n) is 7.98. The molecule has 5 heteroatoms. The van der Waals surface area contributed by atoms with Crippen LogP contribution in [0.1, 0.15) is 31.5 Å². The number of rotatable bonds is 5. The first-order valence-corrected chi connectivity index (χ1v) is 4.63. The number of hydrogen-bond donors (Lipinski definition) is 2. The molecule has 0 amide bonds. The van der Waals surface area contributed by atoms with E-state index in [1.165, 1.54) is 0 Å². The van der Waals surface area contributed by atoms with E-state index in [0.717, 1.165) is 25.1 Å². The molecule has 13 heavy (non-hydrogen) atoms. The first-order chi connectivity index (χ1) is 6.27. The van der Waals surface area contributed by atoms with Gasteiger partial charge in [0, 0.05) is 6.54 Å². The van der Waals surface area contributed by atoms with E-state index in [0.29, 0.717) is 6.54 Å². The summed E-state index contributed by atoms with van der Waals surface area (Å²) in [5.41, 5.74) is 12.0. The van der Waals surface area contributed by atoms with Crippen molar-refractivity contribution < 1.29 is 0 Å². The number of aromatic nitrogens is 3. The highest BCUT2D eigenvalue weighted by Crippen LogP contribution is 2.08. The Bertz CT molecular complexity index is 244. The summed E-state index contributed by atoms with van der Waals surface area (Å²) in [6, 6.07) is 0.00614. The summed E-state index contributed by atoms with van der Waals surface area (Å²) in [6.07, 6.45) is 3.70. The third kappa shape index (κ3) is 2.78. The van der Waals surface area contributed by atoms with E-state index in [4.69, 9.17) is 11.5 Å². The van der Waals surface area contributed by atoms with Crippen molar-refractivity contribution in [1.29, 1.82) is 0 Å². The fourth-order valence-electron chi connectivity index (χ4n) is 1.05. The Morgan fingerprint density at radius 1 is 1.62 bits per heavy atom. The Labute approximate surface area is 78.1 Å². The van der Waals surface area contributed by atoms with Gasteiger partial charge in [0.05, 0.1) is 17.9 Å². The Hall–Kier alpha value is -0.940. The Balaban J connectivity index is 2.53. The summed E-state index contributed by atoms with van der Waals surface area (Å²) in [6.45, 7) is 3.53. The molecular formula is C8H17N5. The third-order valence-corrected chi connectivity index (χ3v) is 1.97. The van der Waals surface area contributed by atoms with Crippen molar-refractivity contribution in [3.63, 3.8) is 0 Å². The zero-order chi connectivity index (χ0) is 9.68. The molecule has 0 aliphatic carbocycles. The molecular weight excluding hydrogens is 166 g/mol. The largest absolute Gasteiger partial charge is 0.330 e. The number of nitrogens with zero attached hydrogens (tertiary/aromatic N) is 3. The van der Waals surface area contributed by atoms with Gasteiger partial charge in [0.1, 0.15) is 0 Å². The number of nitrogens with two attached hydrogens (primary N) is 2. The van der Waals surface area contributed by atoms with E-state index in [1.807, 2.05) is 13.1 Å². The van der Waals surface area contributed by atoms with E-state index in [2.05, 4.69) is 10.3 Å². The van der Waals surface area contributed by atoms with Gasteiger partial charge in [0.2, 0.25) is 0 Å². The first-order valence-electron chi connectivity index (χ1n) is 4.63. The molecule has 5 nitrogen and oxygen atoms in total. The molecule has 1 unspecified atom stereocenters. The Morgan fingerprint density at radius 2 is 2.38 bits per heavy atom. The monoisotopic (exact) mass is 183 g/mol. The second-order valence-electron chi connectivity index (χ2n) is 3.06. The van der Waals surface area contributed by atoms with Crippen molar-refractivity contribution in [2.24, 2.45) is 11.5 Å². The lowest BCUT2D eigenvalue weighted by Crippen LogP contribution is -2.09. The second kappa shape index (κ2) is 4.94. The van der Waals surface area contributed by atoms with Crippen molar-refractivity contribution in [2.75, 3.05) is 6.54 Å². The summed E-state index contributed by atoms with van der Waals surface area (Å²) in [4.78, 5) is 0. The number of hydrogen-bond acceptors (Lipinski definition) is 4. The molecule has 0 aliphatic heterocycles. The van der Waals surface area contributed by atoms with Crippen LogP contribution in [0.25, 0.3) is 0 Å². The van der Waals surface area contributed by atoms with Crippen LogP contribution >= 0.6 is 0 Å². The third-order valence-electron chi connectivity index (χ3n) is 1.97. The summed E-state index contributed by atoms with van der Waals surface area (Å²) in [7, 11) is 0. The Morgan fingerprint density at radius 3 is 3.00 bits per heavy atom. The highest BCUT2D eigenvalue weighted by molar-refractivity contribution is 4.98. The predicted octanol–water partition coefficient (Wildman–Crippen LogP) is 0.0367. The quantitative estimate of drug-likeness (QED) is 0.675. The van der Waals surface area contributed by atoms with Gasteiger partial charge in [-0.3, -0.25) is 4.68 Å². The number of aryl methyl sites for hydroxylation is 1. The lowest BCUT2D eigenvalue weighted by molar-refractivity contribution is 0.564. The fourth-order valence-corrected chi connectivity index (χ4v) is 1.05. The van der Waals surface area contributed by atoms with E-state index in [-0.39, 0.29) is 6.04 Å². The van der Waals surface area contributed by atoms with E-state index >= 15 is 0 Å². The van der Waals surface area contributed by atoms with Crippen molar-refractivity contribution in [3.05, 3.63) is 11.9 Å². The van der Waals surface area contributed by atoms with Gasteiger partial charge in [-0.1, -0.05) is 12.1 Å². The molecule has 0 bridgehead atoms. The lowest BCUT2D eigenvalue weighted by Gasteiger charge is -2.01. The molecule has 0 spiro atoms. The van der Waals surface area contributed by atoms with Gasteiger partial charge in [0.25, 0.3) is 0 Å². The van der Waals surface area contributed by atoms with Gasteiger partial charge in [-0.05, 0) is 19.4 Å². The van der Waals surface area contributed by atoms with Crippen LogP contribution in [0.2, 0.25) is 0 Å². The van der Waals surface area contributed by atoms with Crippen LogP contribution in [-0.4, -0.2) is 21.5 Å².